The maximum atomic E-state index is 12.2. The first kappa shape index (κ1) is 19.7. The third-order valence-electron chi connectivity index (χ3n) is 4.36. The topological polar surface area (TPSA) is 61.9 Å². The molecule has 134 valence electrons. The van der Waals surface area contributed by atoms with Gasteiger partial charge in [0, 0.05) is 32.2 Å². The number of nitrogens with one attached hydrogen (secondary N) is 1. The summed E-state index contributed by atoms with van der Waals surface area (Å²) in [5.74, 6) is 0.649. The molecule has 0 bridgehead atoms. The van der Waals surface area contributed by atoms with E-state index in [2.05, 4.69) is 26.1 Å². The quantitative estimate of drug-likeness (QED) is 0.840. The van der Waals surface area contributed by atoms with Gasteiger partial charge in [0.1, 0.15) is 5.60 Å². The minimum absolute atomic E-state index is 0.101. The fourth-order valence-electron chi connectivity index (χ4n) is 2.38. The molecule has 0 aromatic carbocycles. The molecule has 1 heterocycles. The van der Waals surface area contributed by atoms with Crippen molar-refractivity contribution in [3.05, 3.63) is 0 Å². The Bertz CT molecular complexity index is 398. The Morgan fingerprint density at radius 3 is 2.09 bits per heavy atom. The Morgan fingerprint density at radius 1 is 1.09 bits per heavy atom. The molecule has 0 saturated carbocycles. The lowest BCUT2D eigenvalue weighted by Crippen LogP contribution is -2.53. The highest BCUT2D eigenvalue weighted by Crippen LogP contribution is 2.12. The van der Waals surface area contributed by atoms with E-state index in [1.807, 2.05) is 25.7 Å². The standard InChI is InChI=1S/C17H33N3O3/c1-7-13(2)14(3)18-12-15(21)19-8-10-20(11-9-19)16(22)23-17(4,5)6/h13-14,18H,7-12H2,1-6H3. The molecular formula is C17H33N3O3. The molecule has 6 heteroatoms. The van der Waals surface area contributed by atoms with Crippen LogP contribution in [0.4, 0.5) is 4.79 Å². The van der Waals surface area contributed by atoms with Crippen molar-refractivity contribution in [2.45, 2.75) is 59.6 Å². The number of nitrogens with zero attached hydrogens (tertiary/aromatic N) is 2. The molecule has 2 unspecified atom stereocenters. The van der Waals surface area contributed by atoms with Gasteiger partial charge in [0.15, 0.2) is 0 Å². The van der Waals surface area contributed by atoms with Gasteiger partial charge in [0.2, 0.25) is 5.91 Å². The zero-order valence-corrected chi connectivity index (χ0v) is 15.5. The van der Waals surface area contributed by atoms with Crippen LogP contribution in [-0.4, -0.2) is 66.2 Å². The smallest absolute Gasteiger partial charge is 0.410 e. The summed E-state index contributed by atoms with van der Waals surface area (Å²) in [6, 6.07) is 0.326. The zero-order chi connectivity index (χ0) is 17.6. The van der Waals surface area contributed by atoms with Crippen LogP contribution in [0.3, 0.4) is 0 Å². The van der Waals surface area contributed by atoms with E-state index in [4.69, 9.17) is 4.74 Å². The lowest BCUT2D eigenvalue weighted by Gasteiger charge is -2.36. The van der Waals surface area contributed by atoms with Crippen LogP contribution in [0.2, 0.25) is 0 Å². The monoisotopic (exact) mass is 327 g/mol. The molecule has 0 aliphatic carbocycles. The first-order chi connectivity index (χ1) is 10.6. The first-order valence-electron chi connectivity index (χ1n) is 8.63. The van der Waals surface area contributed by atoms with Crippen molar-refractivity contribution in [1.82, 2.24) is 15.1 Å². The molecule has 0 spiro atoms. The van der Waals surface area contributed by atoms with Gasteiger partial charge in [-0.2, -0.15) is 0 Å². The maximum Gasteiger partial charge on any atom is 0.410 e. The van der Waals surface area contributed by atoms with Crippen molar-refractivity contribution in [1.29, 1.82) is 0 Å². The summed E-state index contributed by atoms with van der Waals surface area (Å²) >= 11 is 0. The van der Waals surface area contributed by atoms with Gasteiger partial charge in [-0.05, 0) is 33.6 Å². The lowest BCUT2D eigenvalue weighted by molar-refractivity contribution is -0.132. The normalized spacial score (nSPS) is 18.5. The van der Waals surface area contributed by atoms with Crippen LogP contribution in [0.25, 0.3) is 0 Å². The highest BCUT2D eigenvalue weighted by molar-refractivity contribution is 5.78. The molecule has 1 aliphatic heterocycles. The predicted octanol–water partition coefficient (Wildman–Crippen LogP) is 2.09. The molecule has 0 radical (unpaired) electrons. The first-order valence-corrected chi connectivity index (χ1v) is 8.63. The Kier molecular flexibility index (Phi) is 7.32. The molecule has 6 nitrogen and oxygen atoms in total. The predicted molar refractivity (Wildman–Crippen MR) is 91.3 cm³/mol. The Labute approximate surface area is 140 Å². The van der Waals surface area contributed by atoms with E-state index in [1.165, 1.54) is 0 Å². The Hall–Kier alpha value is -1.30. The molecule has 1 fully saturated rings. The summed E-state index contributed by atoms with van der Waals surface area (Å²) in [5, 5.41) is 3.30. The van der Waals surface area contributed by atoms with Gasteiger partial charge in [-0.1, -0.05) is 20.3 Å². The van der Waals surface area contributed by atoms with Crippen LogP contribution in [0.15, 0.2) is 0 Å². The molecule has 2 atom stereocenters. The fourth-order valence-corrected chi connectivity index (χ4v) is 2.38. The average Bonchev–Trinajstić information content (AvgIpc) is 2.49. The van der Waals surface area contributed by atoms with Crippen molar-refractivity contribution in [2.24, 2.45) is 5.92 Å². The highest BCUT2D eigenvalue weighted by atomic mass is 16.6. The zero-order valence-electron chi connectivity index (χ0n) is 15.5. The molecule has 1 rings (SSSR count). The number of hydrogen-bond donors (Lipinski definition) is 1. The summed E-state index contributed by atoms with van der Waals surface area (Å²) in [7, 11) is 0. The minimum Gasteiger partial charge on any atom is -0.444 e. The van der Waals surface area contributed by atoms with Gasteiger partial charge in [-0.15, -0.1) is 0 Å². The number of rotatable bonds is 5. The second-order valence-electron chi connectivity index (χ2n) is 7.40. The number of amides is 2. The van der Waals surface area contributed by atoms with Crippen molar-refractivity contribution in [2.75, 3.05) is 32.7 Å². The van der Waals surface area contributed by atoms with E-state index in [9.17, 15) is 9.59 Å². The van der Waals surface area contributed by atoms with E-state index in [0.717, 1.165) is 6.42 Å². The van der Waals surface area contributed by atoms with Gasteiger partial charge < -0.3 is 19.9 Å². The summed E-state index contributed by atoms with van der Waals surface area (Å²) in [6.45, 7) is 14.6. The van der Waals surface area contributed by atoms with Crippen LogP contribution in [0.1, 0.15) is 48.0 Å². The van der Waals surface area contributed by atoms with E-state index >= 15 is 0 Å². The molecule has 2 amide bonds. The molecule has 1 aliphatic rings. The minimum atomic E-state index is -0.486. The largest absolute Gasteiger partial charge is 0.444 e. The van der Waals surface area contributed by atoms with Gasteiger partial charge >= 0.3 is 6.09 Å². The molecule has 1 saturated heterocycles. The molecule has 0 aromatic rings. The van der Waals surface area contributed by atoms with Gasteiger partial charge in [0.25, 0.3) is 0 Å². The van der Waals surface area contributed by atoms with E-state index in [-0.39, 0.29) is 12.0 Å². The summed E-state index contributed by atoms with van der Waals surface area (Å²) in [5.41, 5.74) is -0.486. The van der Waals surface area contributed by atoms with Crippen LogP contribution >= 0.6 is 0 Å². The van der Waals surface area contributed by atoms with Crippen molar-refractivity contribution in [3.63, 3.8) is 0 Å². The average molecular weight is 327 g/mol. The van der Waals surface area contributed by atoms with Crippen molar-refractivity contribution < 1.29 is 14.3 Å². The van der Waals surface area contributed by atoms with Gasteiger partial charge in [0.05, 0.1) is 6.54 Å². The second-order valence-corrected chi connectivity index (χ2v) is 7.40. The van der Waals surface area contributed by atoms with Gasteiger partial charge in [-0.25, -0.2) is 4.79 Å². The summed E-state index contributed by atoms with van der Waals surface area (Å²) < 4.78 is 5.36. The number of piperazine rings is 1. The second kappa shape index (κ2) is 8.52. The Morgan fingerprint density at radius 2 is 1.61 bits per heavy atom. The van der Waals surface area contributed by atoms with Crippen LogP contribution in [0.5, 0.6) is 0 Å². The van der Waals surface area contributed by atoms with Crippen molar-refractivity contribution in [3.8, 4) is 0 Å². The molecule has 23 heavy (non-hydrogen) atoms. The lowest BCUT2D eigenvalue weighted by atomic mass is 10.0. The van der Waals surface area contributed by atoms with E-state index in [0.29, 0.717) is 44.7 Å². The fraction of sp³-hybridized carbons (Fsp3) is 0.882. The molecular weight excluding hydrogens is 294 g/mol. The molecule has 1 N–H and O–H groups in total. The summed E-state index contributed by atoms with van der Waals surface area (Å²) in [4.78, 5) is 27.7. The Balaban J connectivity index is 2.35. The van der Waals surface area contributed by atoms with Gasteiger partial charge in [-0.3, -0.25) is 4.79 Å². The van der Waals surface area contributed by atoms with E-state index < -0.39 is 5.60 Å². The SMILES string of the molecule is CCC(C)C(C)NCC(=O)N1CCN(C(=O)OC(C)(C)C)CC1. The van der Waals surface area contributed by atoms with Crippen LogP contribution < -0.4 is 5.32 Å². The van der Waals surface area contributed by atoms with Crippen molar-refractivity contribution >= 4 is 12.0 Å². The van der Waals surface area contributed by atoms with Crippen LogP contribution in [-0.2, 0) is 9.53 Å². The molecule has 0 aromatic heterocycles. The van der Waals surface area contributed by atoms with Crippen LogP contribution in [0, 0.1) is 5.92 Å². The number of carbonyl (C=O) groups excluding carboxylic acids is 2. The van der Waals surface area contributed by atoms with E-state index in [1.54, 1.807) is 4.90 Å². The summed E-state index contributed by atoms with van der Waals surface area (Å²) in [6.07, 6.45) is 0.796. The maximum absolute atomic E-state index is 12.2. The number of carbonyl (C=O) groups is 2. The number of hydrogen-bond acceptors (Lipinski definition) is 4. The highest BCUT2D eigenvalue weighted by Gasteiger charge is 2.27. The number of ether oxygens (including phenoxy) is 1. The third-order valence-corrected chi connectivity index (χ3v) is 4.36. The third kappa shape index (κ3) is 6.77.